The van der Waals surface area contributed by atoms with Gasteiger partial charge >= 0.3 is 6.03 Å². The molecule has 1 aromatic rings. The van der Waals surface area contributed by atoms with E-state index in [-0.39, 0.29) is 17.9 Å². The maximum Gasteiger partial charge on any atom is 0.319 e. The van der Waals surface area contributed by atoms with Crippen molar-refractivity contribution < 1.29 is 9.59 Å². The predicted octanol–water partition coefficient (Wildman–Crippen LogP) is 1.71. The lowest BCUT2D eigenvalue weighted by molar-refractivity contribution is -0.126. The molecule has 0 aliphatic carbocycles. The number of benzene rings is 1. The van der Waals surface area contributed by atoms with E-state index >= 15 is 0 Å². The van der Waals surface area contributed by atoms with Crippen LogP contribution in [-0.4, -0.2) is 92.6 Å². The molecule has 1 N–H and O–H groups in total. The van der Waals surface area contributed by atoms with Gasteiger partial charge in [0.1, 0.15) is 0 Å². The largest absolute Gasteiger partial charge is 0.369 e. The van der Waals surface area contributed by atoms with Crippen molar-refractivity contribution in [3.63, 3.8) is 0 Å². The average molecular weight is 402 g/mol. The van der Waals surface area contributed by atoms with Crippen molar-refractivity contribution in [2.75, 3.05) is 64.8 Å². The molecule has 1 atom stereocenters. The zero-order chi connectivity index (χ0) is 20.8. The van der Waals surface area contributed by atoms with Gasteiger partial charge < -0.3 is 20.0 Å². The molecule has 3 rings (SSSR count). The second-order valence-corrected chi connectivity index (χ2v) is 8.39. The number of hydrogen-bond donors (Lipinski definition) is 1. The van der Waals surface area contributed by atoms with Crippen LogP contribution >= 0.6 is 0 Å². The molecule has 2 heterocycles. The molecule has 3 amide bonds. The standard InChI is InChI=1S/C22H35N5O2/c1-18(25-13-15-26(16-14-25)20-7-5-4-6-8-20)17-23-21(28)19-9-11-27(12-10-19)22(29)24(2)3/h4-8,18-19H,9-17H2,1-3H3,(H,23,28). The Bertz CT molecular complexity index is 665. The highest BCUT2D eigenvalue weighted by atomic mass is 16.2. The molecule has 1 aromatic carbocycles. The summed E-state index contributed by atoms with van der Waals surface area (Å²) in [6.45, 7) is 8.24. The molecule has 2 aliphatic heterocycles. The van der Waals surface area contributed by atoms with Gasteiger partial charge in [-0.05, 0) is 31.9 Å². The summed E-state index contributed by atoms with van der Waals surface area (Å²) in [5.74, 6) is 0.153. The van der Waals surface area contributed by atoms with Crippen molar-refractivity contribution in [3.05, 3.63) is 30.3 Å². The molecule has 160 valence electrons. The normalized spacial score (nSPS) is 19.7. The molecule has 7 heteroatoms. The number of rotatable bonds is 5. The number of hydrogen-bond acceptors (Lipinski definition) is 4. The van der Waals surface area contributed by atoms with Crippen molar-refractivity contribution in [2.45, 2.75) is 25.8 Å². The van der Waals surface area contributed by atoms with Gasteiger partial charge in [0, 0.05) is 77.6 Å². The van der Waals surface area contributed by atoms with Gasteiger partial charge in [-0.15, -0.1) is 0 Å². The van der Waals surface area contributed by atoms with E-state index in [2.05, 4.69) is 52.4 Å². The lowest BCUT2D eigenvalue weighted by atomic mass is 9.96. The minimum atomic E-state index is 0.0170. The average Bonchev–Trinajstić information content (AvgIpc) is 2.77. The number of carbonyl (C=O) groups is 2. The van der Waals surface area contributed by atoms with Crippen LogP contribution < -0.4 is 10.2 Å². The number of para-hydroxylation sites is 1. The summed E-state index contributed by atoms with van der Waals surface area (Å²) in [7, 11) is 3.53. The van der Waals surface area contributed by atoms with E-state index in [1.165, 1.54) is 5.69 Å². The van der Waals surface area contributed by atoms with Crippen molar-refractivity contribution in [1.82, 2.24) is 20.0 Å². The number of piperazine rings is 1. The highest BCUT2D eigenvalue weighted by Gasteiger charge is 2.28. The minimum Gasteiger partial charge on any atom is -0.369 e. The molecule has 0 aromatic heterocycles. The van der Waals surface area contributed by atoms with E-state index < -0.39 is 0 Å². The van der Waals surface area contributed by atoms with E-state index in [4.69, 9.17) is 0 Å². The van der Waals surface area contributed by atoms with E-state index in [1.807, 2.05) is 4.90 Å². The van der Waals surface area contributed by atoms with Crippen LogP contribution in [0.4, 0.5) is 10.5 Å². The Morgan fingerprint density at radius 1 is 1.03 bits per heavy atom. The maximum atomic E-state index is 12.6. The fraction of sp³-hybridized carbons (Fsp3) is 0.636. The second-order valence-electron chi connectivity index (χ2n) is 8.39. The highest BCUT2D eigenvalue weighted by Crippen LogP contribution is 2.19. The third-order valence-corrected chi connectivity index (χ3v) is 6.15. The maximum absolute atomic E-state index is 12.6. The number of urea groups is 1. The number of nitrogens with zero attached hydrogens (tertiary/aromatic N) is 4. The van der Waals surface area contributed by atoms with Crippen LogP contribution in [0.25, 0.3) is 0 Å². The van der Waals surface area contributed by atoms with Crippen LogP contribution in [0.15, 0.2) is 30.3 Å². The van der Waals surface area contributed by atoms with Crippen molar-refractivity contribution in [1.29, 1.82) is 0 Å². The topological polar surface area (TPSA) is 59.1 Å². The van der Waals surface area contributed by atoms with E-state index in [0.29, 0.717) is 25.7 Å². The third kappa shape index (κ3) is 5.63. The van der Waals surface area contributed by atoms with Gasteiger partial charge in [-0.3, -0.25) is 9.69 Å². The fourth-order valence-corrected chi connectivity index (χ4v) is 4.20. The first-order valence-corrected chi connectivity index (χ1v) is 10.7. The fourth-order valence-electron chi connectivity index (χ4n) is 4.20. The summed E-state index contributed by atoms with van der Waals surface area (Å²) < 4.78 is 0. The van der Waals surface area contributed by atoms with Gasteiger partial charge in [0.05, 0.1) is 0 Å². The lowest BCUT2D eigenvalue weighted by Gasteiger charge is -2.39. The second kappa shape index (κ2) is 9.96. The number of likely N-dealkylation sites (tertiary alicyclic amines) is 1. The van der Waals surface area contributed by atoms with Gasteiger partial charge in [0.25, 0.3) is 0 Å². The first kappa shape index (κ1) is 21.4. The quantitative estimate of drug-likeness (QED) is 0.816. The molecule has 7 nitrogen and oxygen atoms in total. The van der Waals surface area contributed by atoms with Crippen molar-refractivity contribution >= 4 is 17.6 Å². The Hall–Kier alpha value is -2.28. The van der Waals surface area contributed by atoms with Crippen LogP contribution in [-0.2, 0) is 4.79 Å². The number of anilines is 1. The smallest absolute Gasteiger partial charge is 0.319 e. The predicted molar refractivity (Wildman–Crippen MR) is 116 cm³/mol. The van der Waals surface area contributed by atoms with E-state index in [1.54, 1.807) is 19.0 Å². The molecule has 29 heavy (non-hydrogen) atoms. The highest BCUT2D eigenvalue weighted by molar-refractivity contribution is 5.79. The summed E-state index contributed by atoms with van der Waals surface area (Å²) >= 11 is 0. The molecular formula is C22H35N5O2. The summed E-state index contributed by atoms with van der Waals surface area (Å²) in [5.41, 5.74) is 1.28. The Kier molecular flexibility index (Phi) is 7.36. The molecule has 0 spiro atoms. The van der Waals surface area contributed by atoms with Crippen LogP contribution in [0.3, 0.4) is 0 Å². The molecular weight excluding hydrogens is 366 g/mol. The third-order valence-electron chi connectivity index (χ3n) is 6.15. The van der Waals surface area contributed by atoms with Crippen LogP contribution in [0.5, 0.6) is 0 Å². The van der Waals surface area contributed by atoms with Gasteiger partial charge in [0.2, 0.25) is 5.91 Å². The summed E-state index contributed by atoms with van der Waals surface area (Å²) in [6, 6.07) is 10.9. The van der Waals surface area contributed by atoms with Crippen molar-refractivity contribution in [2.24, 2.45) is 5.92 Å². The molecule has 0 radical (unpaired) electrons. The molecule has 0 bridgehead atoms. The molecule has 2 aliphatic rings. The van der Waals surface area contributed by atoms with Gasteiger partial charge in [-0.2, -0.15) is 0 Å². The molecule has 2 fully saturated rings. The number of piperidine rings is 1. The number of nitrogens with one attached hydrogen (secondary N) is 1. The molecule has 1 unspecified atom stereocenters. The summed E-state index contributed by atoms with van der Waals surface area (Å²) in [5, 5.41) is 3.15. The van der Waals surface area contributed by atoms with E-state index in [0.717, 1.165) is 39.0 Å². The lowest BCUT2D eigenvalue weighted by Crippen LogP contribution is -2.53. The molecule has 0 saturated carbocycles. The first-order valence-electron chi connectivity index (χ1n) is 10.7. The van der Waals surface area contributed by atoms with Gasteiger partial charge in [-0.25, -0.2) is 4.79 Å². The first-order chi connectivity index (χ1) is 14.0. The van der Waals surface area contributed by atoms with Crippen LogP contribution in [0, 0.1) is 5.92 Å². The Morgan fingerprint density at radius 3 is 2.24 bits per heavy atom. The molecule has 2 saturated heterocycles. The van der Waals surface area contributed by atoms with E-state index in [9.17, 15) is 9.59 Å². The summed E-state index contributed by atoms with van der Waals surface area (Å²) in [4.78, 5) is 32.9. The number of amides is 3. The summed E-state index contributed by atoms with van der Waals surface area (Å²) in [6.07, 6.45) is 1.49. The van der Waals surface area contributed by atoms with Crippen LogP contribution in [0.2, 0.25) is 0 Å². The Labute approximate surface area is 174 Å². The Morgan fingerprint density at radius 2 is 1.66 bits per heavy atom. The van der Waals surface area contributed by atoms with Crippen molar-refractivity contribution in [3.8, 4) is 0 Å². The minimum absolute atomic E-state index is 0.0170. The Balaban J connectivity index is 1.37. The van der Waals surface area contributed by atoms with Gasteiger partial charge in [-0.1, -0.05) is 18.2 Å². The van der Waals surface area contributed by atoms with Gasteiger partial charge in [0.15, 0.2) is 0 Å². The zero-order valence-corrected chi connectivity index (χ0v) is 18.0. The monoisotopic (exact) mass is 401 g/mol. The van der Waals surface area contributed by atoms with Crippen LogP contribution in [0.1, 0.15) is 19.8 Å². The SMILES string of the molecule is CC(CNC(=O)C1CCN(C(=O)N(C)C)CC1)N1CCN(c2ccccc2)CC1. The zero-order valence-electron chi connectivity index (χ0n) is 18.0. The number of carbonyl (C=O) groups excluding carboxylic acids is 2.